The van der Waals surface area contributed by atoms with Crippen molar-refractivity contribution in [2.24, 2.45) is 4.99 Å². The van der Waals surface area contributed by atoms with Gasteiger partial charge in [-0.1, -0.05) is 19.3 Å². The minimum Gasteiger partial charge on any atom is -0.356 e. The highest BCUT2D eigenvalue weighted by molar-refractivity contribution is 14.0. The third kappa shape index (κ3) is 7.78. The Labute approximate surface area is 165 Å². The highest BCUT2D eigenvalue weighted by Crippen LogP contribution is 2.17. The van der Waals surface area contributed by atoms with Gasteiger partial charge < -0.3 is 16.0 Å². The lowest BCUT2D eigenvalue weighted by molar-refractivity contribution is -0.121. The van der Waals surface area contributed by atoms with Gasteiger partial charge in [-0.3, -0.25) is 9.79 Å². The van der Waals surface area contributed by atoms with Crippen molar-refractivity contribution < 1.29 is 4.79 Å². The first kappa shape index (κ1) is 21.1. The molecule has 2 rings (SSSR count). The first-order valence-corrected chi connectivity index (χ1v) is 9.14. The van der Waals surface area contributed by atoms with Crippen LogP contribution in [0.2, 0.25) is 0 Å². The second kappa shape index (κ2) is 11.6. The number of amides is 1. The number of carbonyl (C=O) groups excluding carboxylic acids is 1. The molecule has 6 nitrogen and oxygen atoms in total. The van der Waals surface area contributed by atoms with Gasteiger partial charge in [0, 0.05) is 37.1 Å². The SMILES string of the molecule is CN=C(NCCC(=O)NC1CCCCC1)NCc1ncc(C)s1.I. The van der Waals surface area contributed by atoms with E-state index in [1.807, 2.05) is 13.1 Å². The van der Waals surface area contributed by atoms with Gasteiger partial charge >= 0.3 is 0 Å². The molecular weight excluding hydrogens is 437 g/mol. The molecule has 1 aromatic heterocycles. The molecule has 3 N–H and O–H groups in total. The van der Waals surface area contributed by atoms with E-state index in [0.29, 0.717) is 31.5 Å². The molecule has 0 bridgehead atoms. The number of thiazole rings is 1. The van der Waals surface area contributed by atoms with Crippen molar-refractivity contribution in [3.05, 3.63) is 16.1 Å². The molecule has 0 spiro atoms. The Morgan fingerprint density at radius 2 is 2.08 bits per heavy atom. The topological polar surface area (TPSA) is 78.4 Å². The predicted octanol–water partition coefficient (Wildman–Crippen LogP) is 2.57. The van der Waals surface area contributed by atoms with Crippen molar-refractivity contribution in [1.29, 1.82) is 0 Å². The Balaban J connectivity index is 0.00000288. The Morgan fingerprint density at radius 3 is 2.71 bits per heavy atom. The highest BCUT2D eigenvalue weighted by Gasteiger charge is 2.15. The van der Waals surface area contributed by atoms with Crippen LogP contribution in [-0.2, 0) is 11.3 Å². The van der Waals surface area contributed by atoms with Crippen LogP contribution in [0, 0.1) is 6.92 Å². The molecule has 1 fully saturated rings. The molecule has 1 aliphatic rings. The zero-order chi connectivity index (χ0) is 16.5. The largest absolute Gasteiger partial charge is 0.356 e. The number of aliphatic imine (C=N–C) groups is 1. The summed E-state index contributed by atoms with van der Waals surface area (Å²) >= 11 is 1.67. The van der Waals surface area contributed by atoms with E-state index in [0.717, 1.165) is 17.8 Å². The summed E-state index contributed by atoms with van der Waals surface area (Å²) in [7, 11) is 1.73. The van der Waals surface area contributed by atoms with Gasteiger partial charge in [0.1, 0.15) is 5.01 Å². The van der Waals surface area contributed by atoms with Crippen molar-refractivity contribution in [3.8, 4) is 0 Å². The average molecular weight is 465 g/mol. The van der Waals surface area contributed by atoms with E-state index >= 15 is 0 Å². The third-order valence-corrected chi connectivity index (χ3v) is 4.83. The minimum absolute atomic E-state index is 0. The standard InChI is InChI=1S/C16H27N5OS.HI/c1-12-10-19-15(23-12)11-20-16(17-2)18-9-8-14(22)21-13-6-4-3-5-7-13;/h10,13H,3-9,11H2,1-2H3,(H,21,22)(H2,17,18,20);1H. The summed E-state index contributed by atoms with van der Waals surface area (Å²) in [5.74, 6) is 0.818. The zero-order valence-corrected chi connectivity index (χ0v) is 17.6. The lowest BCUT2D eigenvalue weighted by Gasteiger charge is -2.22. The lowest BCUT2D eigenvalue weighted by atomic mass is 9.95. The van der Waals surface area contributed by atoms with E-state index in [2.05, 4.69) is 25.9 Å². The fourth-order valence-electron chi connectivity index (χ4n) is 2.70. The van der Waals surface area contributed by atoms with Crippen molar-refractivity contribution in [2.45, 2.75) is 58.0 Å². The van der Waals surface area contributed by atoms with Crippen LogP contribution in [0.25, 0.3) is 0 Å². The van der Waals surface area contributed by atoms with Gasteiger partial charge in [-0.25, -0.2) is 4.98 Å². The number of hydrogen-bond acceptors (Lipinski definition) is 4. The molecule has 0 atom stereocenters. The van der Waals surface area contributed by atoms with Gasteiger partial charge in [0.15, 0.2) is 5.96 Å². The fourth-order valence-corrected chi connectivity index (χ4v) is 3.43. The number of hydrogen-bond donors (Lipinski definition) is 3. The second-order valence-electron chi connectivity index (χ2n) is 5.87. The van der Waals surface area contributed by atoms with Crippen molar-refractivity contribution in [1.82, 2.24) is 20.9 Å². The molecule has 0 saturated heterocycles. The van der Waals surface area contributed by atoms with Crippen molar-refractivity contribution in [2.75, 3.05) is 13.6 Å². The summed E-state index contributed by atoms with van der Waals surface area (Å²) in [6, 6.07) is 0.377. The molecule has 0 aliphatic heterocycles. The molecular formula is C16H28IN5OS. The van der Waals surface area contributed by atoms with Crippen LogP contribution in [0.5, 0.6) is 0 Å². The molecule has 1 aromatic rings. The number of rotatable bonds is 6. The number of nitrogens with one attached hydrogen (secondary N) is 3. The number of aromatic nitrogens is 1. The van der Waals surface area contributed by atoms with Crippen LogP contribution in [0.3, 0.4) is 0 Å². The Morgan fingerprint density at radius 1 is 1.33 bits per heavy atom. The van der Waals surface area contributed by atoms with Crippen molar-refractivity contribution >= 4 is 47.2 Å². The van der Waals surface area contributed by atoms with Crippen LogP contribution >= 0.6 is 35.3 Å². The minimum atomic E-state index is 0. The van der Waals surface area contributed by atoms with E-state index < -0.39 is 0 Å². The molecule has 0 unspecified atom stereocenters. The van der Waals surface area contributed by atoms with Crippen LogP contribution in [0.4, 0.5) is 0 Å². The van der Waals surface area contributed by atoms with Crippen LogP contribution in [0.15, 0.2) is 11.2 Å². The Kier molecular flexibility index (Phi) is 10.2. The zero-order valence-electron chi connectivity index (χ0n) is 14.4. The van der Waals surface area contributed by atoms with Gasteiger partial charge in [-0.2, -0.15) is 0 Å². The first-order chi connectivity index (χ1) is 11.2. The quantitative estimate of drug-likeness (QED) is 0.343. The van der Waals surface area contributed by atoms with E-state index in [9.17, 15) is 4.79 Å². The van der Waals surface area contributed by atoms with Gasteiger partial charge in [0.25, 0.3) is 0 Å². The smallest absolute Gasteiger partial charge is 0.221 e. The average Bonchev–Trinajstić information content (AvgIpc) is 2.97. The molecule has 0 radical (unpaired) electrons. The maximum absolute atomic E-state index is 11.9. The van der Waals surface area contributed by atoms with E-state index in [1.54, 1.807) is 18.4 Å². The van der Waals surface area contributed by atoms with Gasteiger partial charge in [0.2, 0.25) is 5.91 Å². The first-order valence-electron chi connectivity index (χ1n) is 8.32. The molecule has 8 heteroatoms. The lowest BCUT2D eigenvalue weighted by Crippen LogP contribution is -2.41. The summed E-state index contributed by atoms with van der Waals surface area (Å²) in [4.78, 5) is 21.6. The maximum atomic E-state index is 11.9. The van der Waals surface area contributed by atoms with Gasteiger partial charge in [-0.15, -0.1) is 35.3 Å². The summed E-state index contributed by atoms with van der Waals surface area (Å²) < 4.78 is 0. The normalized spacial score (nSPS) is 15.5. The number of nitrogens with zero attached hydrogens (tertiary/aromatic N) is 2. The number of halogens is 1. The highest BCUT2D eigenvalue weighted by atomic mass is 127. The van der Waals surface area contributed by atoms with Crippen molar-refractivity contribution in [3.63, 3.8) is 0 Å². The second-order valence-corrected chi connectivity index (χ2v) is 7.19. The third-order valence-electron chi connectivity index (χ3n) is 3.91. The van der Waals surface area contributed by atoms with Crippen LogP contribution in [-0.4, -0.2) is 36.5 Å². The summed E-state index contributed by atoms with van der Waals surface area (Å²) in [6.07, 6.45) is 8.34. The molecule has 1 saturated carbocycles. The monoisotopic (exact) mass is 465 g/mol. The molecule has 136 valence electrons. The molecule has 0 aromatic carbocycles. The summed E-state index contributed by atoms with van der Waals surface area (Å²) in [6.45, 7) is 3.26. The van der Waals surface area contributed by atoms with Gasteiger partial charge in [0.05, 0.1) is 6.54 Å². The fraction of sp³-hybridized carbons (Fsp3) is 0.688. The number of aryl methyl sites for hydroxylation is 1. The Bertz CT molecular complexity index is 528. The summed E-state index contributed by atoms with van der Waals surface area (Å²) in [5.41, 5.74) is 0. The Hall–Kier alpha value is -0.900. The van der Waals surface area contributed by atoms with Crippen LogP contribution in [0.1, 0.15) is 48.4 Å². The van der Waals surface area contributed by atoms with Crippen LogP contribution < -0.4 is 16.0 Å². The maximum Gasteiger partial charge on any atom is 0.221 e. The molecule has 1 amide bonds. The molecule has 1 heterocycles. The summed E-state index contributed by atoms with van der Waals surface area (Å²) in [5, 5.41) is 10.5. The van der Waals surface area contributed by atoms with Gasteiger partial charge in [-0.05, 0) is 19.8 Å². The van der Waals surface area contributed by atoms with E-state index in [1.165, 1.54) is 24.1 Å². The number of carbonyl (C=O) groups is 1. The molecule has 1 aliphatic carbocycles. The number of guanidine groups is 1. The predicted molar refractivity (Wildman–Crippen MR) is 110 cm³/mol. The molecule has 24 heavy (non-hydrogen) atoms. The van der Waals surface area contributed by atoms with E-state index in [4.69, 9.17) is 0 Å². The van der Waals surface area contributed by atoms with E-state index in [-0.39, 0.29) is 29.9 Å².